The maximum absolute atomic E-state index is 12.7. The summed E-state index contributed by atoms with van der Waals surface area (Å²) in [4.78, 5) is 2.09. The number of rotatable bonds is 7. The number of hydrogen-bond donors (Lipinski definition) is 1. The molecule has 0 aromatic heterocycles. The van der Waals surface area contributed by atoms with E-state index in [4.69, 9.17) is 0 Å². The Morgan fingerprint density at radius 3 is 2.40 bits per heavy atom. The van der Waals surface area contributed by atoms with Crippen molar-refractivity contribution in [2.45, 2.75) is 30.9 Å². The molecule has 1 N–H and O–H groups in total. The zero-order valence-corrected chi connectivity index (χ0v) is 17.5. The van der Waals surface area contributed by atoms with Gasteiger partial charge in [-0.3, -0.25) is 0 Å². The number of para-hydroxylation sites is 1. The van der Waals surface area contributed by atoms with Gasteiger partial charge in [0.2, 0.25) is 10.0 Å². The van der Waals surface area contributed by atoms with Crippen LogP contribution in [0.5, 0.6) is 0 Å². The number of β-amino-alcohol motifs (C(OH)–C–C–N with tert-alkyl or cyclic N) is 1. The monoisotopic (exact) mass is 442 g/mol. The van der Waals surface area contributed by atoms with Crippen molar-refractivity contribution in [2.75, 3.05) is 31.6 Å². The van der Waals surface area contributed by atoms with Gasteiger partial charge in [0.1, 0.15) is 0 Å². The Hall–Kier alpha value is -2.10. The van der Waals surface area contributed by atoms with Crippen molar-refractivity contribution >= 4 is 15.7 Å². The lowest BCUT2D eigenvalue weighted by molar-refractivity contribution is -0.137. The third kappa shape index (κ3) is 5.53. The van der Waals surface area contributed by atoms with Crippen molar-refractivity contribution in [1.29, 1.82) is 0 Å². The summed E-state index contributed by atoms with van der Waals surface area (Å²) in [7, 11) is -2.20. The van der Waals surface area contributed by atoms with Gasteiger partial charge >= 0.3 is 6.18 Å². The van der Waals surface area contributed by atoms with E-state index < -0.39 is 21.8 Å². The van der Waals surface area contributed by atoms with Gasteiger partial charge in [0, 0.05) is 32.4 Å². The lowest BCUT2D eigenvalue weighted by Crippen LogP contribution is -2.30. The third-order valence-corrected chi connectivity index (χ3v) is 7.13. The van der Waals surface area contributed by atoms with Gasteiger partial charge in [-0.05, 0) is 42.2 Å². The average molecular weight is 443 g/mol. The molecule has 30 heavy (non-hydrogen) atoms. The quantitative estimate of drug-likeness (QED) is 0.715. The molecule has 1 fully saturated rings. The standard InChI is InChI=1S/C21H25F3N2O3S/c1-25(30(28,29)15-16-6-8-18(9-7-16)21(22,23)24)12-10-17-4-2-3-5-20(17)26-13-11-19(27)14-26/h2-9,19,27H,10-15H2,1H3. The third-order valence-electron chi connectivity index (χ3n) is 5.30. The van der Waals surface area contributed by atoms with Gasteiger partial charge < -0.3 is 10.0 Å². The molecule has 0 bridgehead atoms. The first-order valence-corrected chi connectivity index (χ1v) is 11.3. The maximum atomic E-state index is 12.7. The largest absolute Gasteiger partial charge is 0.416 e. The van der Waals surface area contributed by atoms with Crippen LogP contribution in [0.4, 0.5) is 18.9 Å². The minimum Gasteiger partial charge on any atom is -0.391 e. The molecule has 0 saturated carbocycles. The van der Waals surface area contributed by atoms with E-state index in [0.717, 1.165) is 29.9 Å². The summed E-state index contributed by atoms with van der Waals surface area (Å²) < 4.78 is 64.5. The van der Waals surface area contributed by atoms with E-state index in [2.05, 4.69) is 4.90 Å². The first-order valence-electron chi connectivity index (χ1n) is 9.67. The topological polar surface area (TPSA) is 60.9 Å². The second-order valence-electron chi connectivity index (χ2n) is 7.54. The molecule has 1 saturated heterocycles. The summed E-state index contributed by atoms with van der Waals surface area (Å²) >= 11 is 0. The lowest BCUT2D eigenvalue weighted by atomic mass is 10.1. The molecule has 0 radical (unpaired) electrons. The van der Waals surface area contributed by atoms with E-state index in [0.29, 0.717) is 24.9 Å². The number of sulfonamides is 1. The van der Waals surface area contributed by atoms with E-state index in [9.17, 15) is 26.7 Å². The van der Waals surface area contributed by atoms with Gasteiger partial charge in [-0.1, -0.05) is 30.3 Å². The van der Waals surface area contributed by atoms with Crippen LogP contribution in [0.1, 0.15) is 23.1 Å². The number of nitrogens with zero attached hydrogens (tertiary/aromatic N) is 2. The molecule has 9 heteroatoms. The van der Waals surface area contributed by atoms with Crippen LogP contribution in [0.25, 0.3) is 0 Å². The van der Waals surface area contributed by atoms with E-state index in [-0.39, 0.29) is 18.4 Å². The summed E-state index contributed by atoms with van der Waals surface area (Å²) in [6.07, 6.45) is -3.61. The molecule has 2 aromatic carbocycles. The number of likely N-dealkylation sites (N-methyl/N-ethyl adjacent to an activating group) is 1. The van der Waals surface area contributed by atoms with Crippen LogP contribution in [0.15, 0.2) is 48.5 Å². The maximum Gasteiger partial charge on any atom is 0.416 e. The number of aliphatic hydroxyl groups is 1. The molecule has 1 atom stereocenters. The predicted octanol–water partition coefficient (Wildman–Crippen LogP) is 3.28. The Balaban J connectivity index is 1.64. The molecule has 1 aliphatic heterocycles. The number of alkyl halides is 3. The molecule has 1 aliphatic rings. The Labute approximate surface area is 174 Å². The molecule has 5 nitrogen and oxygen atoms in total. The molecule has 1 unspecified atom stereocenters. The fourth-order valence-electron chi connectivity index (χ4n) is 3.52. The zero-order chi connectivity index (χ0) is 21.9. The van der Waals surface area contributed by atoms with Crippen LogP contribution >= 0.6 is 0 Å². The first-order chi connectivity index (χ1) is 14.1. The zero-order valence-electron chi connectivity index (χ0n) is 16.6. The number of halogens is 3. The fraction of sp³-hybridized carbons (Fsp3) is 0.429. The Kier molecular flexibility index (Phi) is 6.74. The fourth-order valence-corrected chi connectivity index (χ4v) is 4.72. The minimum atomic E-state index is -4.45. The van der Waals surface area contributed by atoms with Gasteiger partial charge in [0.15, 0.2) is 0 Å². The second-order valence-corrected chi connectivity index (χ2v) is 9.62. The molecule has 0 spiro atoms. The van der Waals surface area contributed by atoms with Crippen molar-refractivity contribution < 1.29 is 26.7 Å². The summed E-state index contributed by atoms with van der Waals surface area (Å²) in [6.45, 7) is 1.55. The molecule has 0 aliphatic carbocycles. The molecule has 0 amide bonds. The smallest absolute Gasteiger partial charge is 0.391 e. The van der Waals surface area contributed by atoms with Crippen LogP contribution in [0.3, 0.4) is 0 Å². The second kappa shape index (κ2) is 8.95. The van der Waals surface area contributed by atoms with Crippen molar-refractivity contribution in [3.05, 3.63) is 65.2 Å². The predicted molar refractivity (Wildman–Crippen MR) is 110 cm³/mol. The van der Waals surface area contributed by atoms with Crippen LogP contribution in [0, 0.1) is 0 Å². The molecular formula is C21H25F3N2O3S. The molecule has 3 rings (SSSR count). The highest BCUT2D eigenvalue weighted by atomic mass is 32.2. The van der Waals surface area contributed by atoms with E-state index in [1.165, 1.54) is 23.5 Å². The van der Waals surface area contributed by atoms with Crippen molar-refractivity contribution in [1.82, 2.24) is 4.31 Å². The van der Waals surface area contributed by atoms with Crippen molar-refractivity contribution in [3.63, 3.8) is 0 Å². The number of hydrogen-bond acceptors (Lipinski definition) is 4. The minimum absolute atomic E-state index is 0.246. The summed E-state index contributed by atoms with van der Waals surface area (Å²) in [5.41, 5.74) is 1.48. The average Bonchev–Trinajstić information content (AvgIpc) is 3.12. The van der Waals surface area contributed by atoms with Gasteiger partial charge in [-0.15, -0.1) is 0 Å². The Morgan fingerprint density at radius 1 is 1.13 bits per heavy atom. The van der Waals surface area contributed by atoms with Crippen LogP contribution in [-0.2, 0) is 28.4 Å². The van der Waals surface area contributed by atoms with E-state index in [1.54, 1.807) is 0 Å². The van der Waals surface area contributed by atoms with E-state index in [1.807, 2.05) is 24.3 Å². The highest BCUT2D eigenvalue weighted by Gasteiger charge is 2.30. The van der Waals surface area contributed by atoms with Gasteiger partial charge in [-0.2, -0.15) is 13.2 Å². The Morgan fingerprint density at radius 2 is 1.80 bits per heavy atom. The van der Waals surface area contributed by atoms with Crippen LogP contribution in [0.2, 0.25) is 0 Å². The number of aliphatic hydroxyl groups excluding tert-OH is 1. The Bertz CT molecular complexity index is 962. The van der Waals surface area contributed by atoms with Crippen LogP contribution < -0.4 is 4.90 Å². The first kappa shape index (κ1) is 22.6. The van der Waals surface area contributed by atoms with Crippen LogP contribution in [-0.4, -0.2) is 50.6 Å². The van der Waals surface area contributed by atoms with Crippen molar-refractivity contribution in [3.8, 4) is 0 Å². The lowest BCUT2D eigenvalue weighted by Gasteiger charge is -2.23. The van der Waals surface area contributed by atoms with Crippen molar-refractivity contribution in [2.24, 2.45) is 0 Å². The van der Waals surface area contributed by atoms with Gasteiger partial charge in [0.25, 0.3) is 0 Å². The summed E-state index contributed by atoms with van der Waals surface area (Å²) in [5.74, 6) is -0.360. The van der Waals surface area contributed by atoms with Gasteiger partial charge in [-0.25, -0.2) is 12.7 Å². The molecule has 2 aromatic rings. The van der Waals surface area contributed by atoms with E-state index >= 15 is 0 Å². The SMILES string of the molecule is CN(CCc1ccccc1N1CCC(O)C1)S(=O)(=O)Cc1ccc(C(F)(F)F)cc1. The van der Waals surface area contributed by atoms with Gasteiger partial charge in [0.05, 0.1) is 17.4 Å². The number of benzene rings is 2. The molecular weight excluding hydrogens is 417 g/mol. The molecule has 164 valence electrons. The summed E-state index contributed by atoms with van der Waals surface area (Å²) in [6, 6.07) is 11.9. The molecule has 1 heterocycles. The number of anilines is 1. The summed E-state index contributed by atoms with van der Waals surface area (Å²) in [5, 5.41) is 9.79. The highest BCUT2D eigenvalue weighted by molar-refractivity contribution is 7.88. The normalized spacial score (nSPS) is 17.7. The highest BCUT2D eigenvalue weighted by Crippen LogP contribution is 2.29.